The lowest BCUT2D eigenvalue weighted by Gasteiger charge is -2.25. The van der Waals surface area contributed by atoms with Crippen LogP contribution in [0.5, 0.6) is 5.75 Å². The summed E-state index contributed by atoms with van der Waals surface area (Å²) >= 11 is 0. The Hall–Kier alpha value is -2.54. The van der Waals surface area contributed by atoms with E-state index in [1.54, 1.807) is 12.1 Å². The van der Waals surface area contributed by atoms with Crippen molar-refractivity contribution < 1.29 is 17.9 Å². The van der Waals surface area contributed by atoms with Gasteiger partial charge in [0, 0.05) is 0 Å². The fraction of sp³-hybridized carbons (Fsp3) is 0.381. The quantitative estimate of drug-likeness (QED) is 0.769. The molecule has 0 bridgehead atoms. The molecule has 1 amide bonds. The van der Waals surface area contributed by atoms with E-state index in [1.165, 1.54) is 12.7 Å². The Balaban J connectivity index is 2.25. The molecule has 0 radical (unpaired) electrons. The van der Waals surface area contributed by atoms with Gasteiger partial charge in [0.25, 0.3) is 0 Å². The molecule has 1 N–H and O–H groups in total. The standard InChI is InChI=1S/C21H28N2O4S/c1-14-7-10-20(27-5)19(11-14)23(28(6,25)26)13-21(24)22-17(4)18-9-8-15(2)16(3)12-18/h7-12,17H,13H2,1-6H3,(H,22,24). The smallest absolute Gasteiger partial charge is 0.241 e. The van der Waals surface area contributed by atoms with Gasteiger partial charge in [0.05, 0.1) is 25.1 Å². The van der Waals surface area contributed by atoms with Crippen molar-refractivity contribution in [3.63, 3.8) is 0 Å². The molecule has 28 heavy (non-hydrogen) atoms. The molecule has 0 aromatic heterocycles. The van der Waals surface area contributed by atoms with Gasteiger partial charge in [-0.2, -0.15) is 0 Å². The van der Waals surface area contributed by atoms with Crippen LogP contribution >= 0.6 is 0 Å². The van der Waals surface area contributed by atoms with E-state index in [0.717, 1.165) is 27.3 Å². The number of aryl methyl sites for hydroxylation is 3. The van der Waals surface area contributed by atoms with Gasteiger partial charge < -0.3 is 10.1 Å². The van der Waals surface area contributed by atoms with Crippen LogP contribution in [0.4, 0.5) is 5.69 Å². The Morgan fingerprint density at radius 2 is 1.79 bits per heavy atom. The summed E-state index contributed by atoms with van der Waals surface area (Å²) in [6, 6.07) is 11.0. The highest BCUT2D eigenvalue weighted by Crippen LogP contribution is 2.31. The summed E-state index contributed by atoms with van der Waals surface area (Å²) in [6.07, 6.45) is 1.08. The molecular formula is C21H28N2O4S. The lowest BCUT2D eigenvalue weighted by atomic mass is 10.0. The Morgan fingerprint density at radius 3 is 2.36 bits per heavy atom. The van der Waals surface area contributed by atoms with Crippen LogP contribution in [-0.4, -0.2) is 34.2 Å². The van der Waals surface area contributed by atoms with Crippen LogP contribution in [0.1, 0.15) is 35.2 Å². The summed E-state index contributed by atoms with van der Waals surface area (Å²) in [7, 11) is -2.21. The molecule has 2 aromatic rings. The molecule has 2 rings (SSSR count). The number of amides is 1. The zero-order valence-electron chi connectivity index (χ0n) is 17.2. The molecule has 0 aliphatic heterocycles. The minimum Gasteiger partial charge on any atom is -0.495 e. The van der Waals surface area contributed by atoms with Crippen LogP contribution in [-0.2, 0) is 14.8 Å². The third-order valence-corrected chi connectivity index (χ3v) is 5.83. The maximum atomic E-state index is 12.6. The van der Waals surface area contributed by atoms with Crippen LogP contribution in [0.2, 0.25) is 0 Å². The van der Waals surface area contributed by atoms with Crippen LogP contribution < -0.4 is 14.4 Å². The van der Waals surface area contributed by atoms with E-state index in [9.17, 15) is 13.2 Å². The number of carbonyl (C=O) groups excluding carboxylic acids is 1. The molecule has 152 valence electrons. The molecule has 0 aliphatic carbocycles. The number of methoxy groups -OCH3 is 1. The molecule has 6 nitrogen and oxygen atoms in total. The van der Waals surface area contributed by atoms with Crippen molar-refractivity contribution in [1.29, 1.82) is 0 Å². The summed E-state index contributed by atoms with van der Waals surface area (Å²) in [5.41, 5.74) is 4.50. The van der Waals surface area contributed by atoms with Gasteiger partial charge in [-0.05, 0) is 62.1 Å². The summed E-state index contributed by atoms with van der Waals surface area (Å²) in [5.74, 6) is 0.00532. The average Bonchev–Trinajstić information content (AvgIpc) is 2.61. The first kappa shape index (κ1) is 21.8. The normalized spacial score (nSPS) is 12.4. The van der Waals surface area contributed by atoms with Crippen molar-refractivity contribution in [2.45, 2.75) is 33.7 Å². The number of sulfonamides is 1. The van der Waals surface area contributed by atoms with Gasteiger partial charge >= 0.3 is 0 Å². The van der Waals surface area contributed by atoms with Crippen molar-refractivity contribution in [2.75, 3.05) is 24.2 Å². The number of anilines is 1. The minimum atomic E-state index is -3.68. The Labute approximate surface area is 167 Å². The fourth-order valence-corrected chi connectivity index (χ4v) is 3.76. The number of ether oxygens (including phenoxy) is 1. The van der Waals surface area contributed by atoms with E-state index < -0.39 is 10.0 Å². The summed E-state index contributed by atoms with van der Waals surface area (Å²) in [5, 5.41) is 2.88. The second-order valence-electron chi connectivity index (χ2n) is 7.08. The number of nitrogens with zero attached hydrogens (tertiary/aromatic N) is 1. The van der Waals surface area contributed by atoms with Gasteiger partial charge in [0.15, 0.2) is 0 Å². The molecule has 0 heterocycles. The lowest BCUT2D eigenvalue weighted by molar-refractivity contribution is -0.120. The Morgan fingerprint density at radius 1 is 1.11 bits per heavy atom. The molecule has 1 unspecified atom stereocenters. The fourth-order valence-electron chi connectivity index (χ4n) is 2.91. The molecule has 1 atom stereocenters. The maximum absolute atomic E-state index is 12.6. The van der Waals surface area contributed by atoms with Gasteiger partial charge in [0.1, 0.15) is 12.3 Å². The zero-order chi connectivity index (χ0) is 21.1. The van der Waals surface area contributed by atoms with Gasteiger partial charge in [-0.15, -0.1) is 0 Å². The topological polar surface area (TPSA) is 75.7 Å². The van der Waals surface area contributed by atoms with E-state index in [-0.39, 0.29) is 18.5 Å². The maximum Gasteiger partial charge on any atom is 0.241 e. The van der Waals surface area contributed by atoms with Crippen molar-refractivity contribution >= 4 is 21.6 Å². The number of nitrogens with one attached hydrogen (secondary N) is 1. The van der Waals surface area contributed by atoms with Crippen LogP contribution in [0.15, 0.2) is 36.4 Å². The van der Waals surface area contributed by atoms with Gasteiger partial charge in [-0.25, -0.2) is 8.42 Å². The molecule has 0 spiro atoms. The first-order valence-corrected chi connectivity index (χ1v) is 10.9. The summed E-state index contributed by atoms with van der Waals surface area (Å²) < 4.78 is 31.1. The van der Waals surface area contributed by atoms with Gasteiger partial charge in [-0.3, -0.25) is 9.10 Å². The van der Waals surface area contributed by atoms with Crippen LogP contribution in [0.3, 0.4) is 0 Å². The SMILES string of the molecule is COc1ccc(C)cc1N(CC(=O)NC(C)c1ccc(C)c(C)c1)S(C)(=O)=O. The predicted octanol–water partition coefficient (Wildman–Crippen LogP) is 3.26. The van der Waals surface area contributed by atoms with Crippen LogP contribution in [0, 0.1) is 20.8 Å². The van der Waals surface area contributed by atoms with E-state index >= 15 is 0 Å². The summed E-state index contributed by atoms with van der Waals surface area (Å²) in [4.78, 5) is 12.6. The van der Waals surface area contributed by atoms with Crippen molar-refractivity contribution in [3.8, 4) is 5.75 Å². The third kappa shape index (κ3) is 5.25. The number of hydrogen-bond acceptors (Lipinski definition) is 4. The highest BCUT2D eigenvalue weighted by Gasteiger charge is 2.25. The Bertz CT molecular complexity index is 970. The number of hydrogen-bond donors (Lipinski definition) is 1. The number of rotatable bonds is 7. The Kier molecular flexibility index (Phi) is 6.72. The van der Waals surface area contributed by atoms with Gasteiger partial charge in [-0.1, -0.05) is 24.3 Å². The van der Waals surface area contributed by atoms with E-state index in [4.69, 9.17) is 4.74 Å². The highest BCUT2D eigenvalue weighted by molar-refractivity contribution is 7.92. The number of benzene rings is 2. The molecule has 2 aromatic carbocycles. The average molecular weight is 405 g/mol. The molecule has 0 saturated carbocycles. The second kappa shape index (κ2) is 8.65. The first-order valence-electron chi connectivity index (χ1n) is 9.01. The molecule has 7 heteroatoms. The monoisotopic (exact) mass is 404 g/mol. The van der Waals surface area contributed by atoms with E-state index in [2.05, 4.69) is 5.32 Å². The van der Waals surface area contributed by atoms with Gasteiger partial charge in [0.2, 0.25) is 15.9 Å². The van der Waals surface area contributed by atoms with Crippen molar-refractivity contribution in [1.82, 2.24) is 5.32 Å². The van der Waals surface area contributed by atoms with E-state index in [1.807, 2.05) is 52.0 Å². The molecule has 0 aliphatic rings. The van der Waals surface area contributed by atoms with Crippen molar-refractivity contribution in [3.05, 3.63) is 58.7 Å². The molecule has 0 saturated heterocycles. The first-order chi connectivity index (χ1) is 13.0. The number of carbonyl (C=O) groups is 1. The van der Waals surface area contributed by atoms with Crippen molar-refractivity contribution in [2.24, 2.45) is 0 Å². The highest BCUT2D eigenvalue weighted by atomic mass is 32.2. The van der Waals surface area contributed by atoms with E-state index in [0.29, 0.717) is 11.4 Å². The third-order valence-electron chi connectivity index (χ3n) is 4.70. The second-order valence-corrected chi connectivity index (χ2v) is 8.98. The predicted molar refractivity (Wildman–Crippen MR) is 112 cm³/mol. The summed E-state index contributed by atoms with van der Waals surface area (Å²) in [6.45, 7) is 7.45. The zero-order valence-corrected chi connectivity index (χ0v) is 18.1. The minimum absolute atomic E-state index is 0.243. The van der Waals surface area contributed by atoms with Crippen LogP contribution in [0.25, 0.3) is 0 Å². The lowest BCUT2D eigenvalue weighted by Crippen LogP contribution is -2.41. The molecular weight excluding hydrogens is 376 g/mol. The largest absolute Gasteiger partial charge is 0.495 e. The molecule has 0 fully saturated rings.